The van der Waals surface area contributed by atoms with Crippen molar-refractivity contribution in [3.63, 3.8) is 0 Å². The van der Waals surface area contributed by atoms with Gasteiger partial charge < -0.3 is 5.11 Å². The van der Waals surface area contributed by atoms with Crippen molar-refractivity contribution in [3.8, 4) is 0 Å². The summed E-state index contributed by atoms with van der Waals surface area (Å²) in [7, 11) is 0. The Labute approximate surface area is 130 Å². The molecule has 3 aromatic rings. The number of carboxylic acids is 1. The van der Waals surface area contributed by atoms with Crippen LogP contribution < -0.4 is 5.56 Å². The second-order valence-electron chi connectivity index (χ2n) is 4.61. The van der Waals surface area contributed by atoms with E-state index in [1.54, 1.807) is 18.2 Å². The molecule has 3 rings (SSSR count). The molecule has 1 aromatic heterocycles. The zero-order valence-corrected chi connectivity index (χ0v) is 12.3. The summed E-state index contributed by atoms with van der Waals surface area (Å²) in [5.41, 5.74) is 0.726. The van der Waals surface area contributed by atoms with Crippen LogP contribution in [0.3, 0.4) is 0 Å². The average molecular weight is 312 g/mol. The predicted molar refractivity (Wildman–Crippen MR) is 84.2 cm³/mol. The molecule has 0 aliphatic rings. The number of aromatic nitrogens is 2. The van der Waals surface area contributed by atoms with Crippen LogP contribution in [0, 0.1) is 0 Å². The molecule has 0 aliphatic carbocycles. The van der Waals surface area contributed by atoms with Crippen LogP contribution in [0.25, 0.3) is 11.0 Å². The minimum Gasteiger partial charge on any atom is -0.480 e. The van der Waals surface area contributed by atoms with Gasteiger partial charge in [0.25, 0.3) is 5.56 Å². The quantitative estimate of drug-likeness (QED) is 0.802. The lowest BCUT2D eigenvalue weighted by Crippen LogP contribution is -2.26. The van der Waals surface area contributed by atoms with Crippen molar-refractivity contribution in [2.75, 3.05) is 0 Å². The molecule has 0 bridgehead atoms. The molecule has 0 spiro atoms. The van der Waals surface area contributed by atoms with Crippen molar-refractivity contribution in [2.24, 2.45) is 0 Å². The highest BCUT2D eigenvalue weighted by molar-refractivity contribution is 7.99. The normalized spacial score (nSPS) is 10.7. The van der Waals surface area contributed by atoms with Crippen molar-refractivity contribution in [1.82, 2.24) is 9.55 Å². The van der Waals surface area contributed by atoms with E-state index in [1.165, 1.54) is 16.3 Å². The summed E-state index contributed by atoms with van der Waals surface area (Å²) in [5.74, 6) is -1.06. The van der Waals surface area contributed by atoms with Crippen LogP contribution in [-0.2, 0) is 11.3 Å². The van der Waals surface area contributed by atoms with Gasteiger partial charge in [0.05, 0.1) is 11.0 Å². The monoisotopic (exact) mass is 312 g/mol. The molecule has 0 fully saturated rings. The largest absolute Gasteiger partial charge is 0.480 e. The number of nitrogens with zero attached hydrogens (tertiary/aromatic N) is 2. The maximum absolute atomic E-state index is 12.5. The molecule has 110 valence electrons. The SMILES string of the molecule is O=C(O)Cn1c(=O)c(Sc2ccccc2)nc2ccccc21. The van der Waals surface area contributed by atoms with Crippen LogP contribution in [0.1, 0.15) is 0 Å². The van der Waals surface area contributed by atoms with E-state index >= 15 is 0 Å². The topological polar surface area (TPSA) is 72.2 Å². The highest BCUT2D eigenvalue weighted by Gasteiger charge is 2.14. The van der Waals surface area contributed by atoms with E-state index in [1.807, 2.05) is 36.4 Å². The Morgan fingerprint density at radius 1 is 1.09 bits per heavy atom. The number of para-hydroxylation sites is 2. The van der Waals surface area contributed by atoms with Crippen LogP contribution in [-0.4, -0.2) is 20.6 Å². The van der Waals surface area contributed by atoms with Gasteiger partial charge in [0.2, 0.25) is 0 Å². The number of carboxylic acid groups (broad SMARTS) is 1. The Balaban J connectivity index is 2.16. The molecule has 0 saturated heterocycles. The van der Waals surface area contributed by atoms with Gasteiger partial charge in [-0.3, -0.25) is 14.2 Å². The zero-order chi connectivity index (χ0) is 15.5. The summed E-state index contributed by atoms with van der Waals surface area (Å²) in [4.78, 5) is 28.8. The van der Waals surface area contributed by atoms with Gasteiger partial charge in [-0.25, -0.2) is 4.98 Å². The zero-order valence-electron chi connectivity index (χ0n) is 11.5. The minimum atomic E-state index is -1.06. The van der Waals surface area contributed by atoms with Crippen molar-refractivity contribution in [3.05, 3.63) is 65.0 Å². The Morgan fingerprint density at radius 3 is 2.50 bits per heavy atom. The smallest absolute Gasteiger partial charge is 0.323 e. The minimum absolute atomic E-state index is 0.270. The van der Waals surface area contributed by atoms with Crippen LogP contribution in [0.5, 0.6) is 0 Å². The second-order valence-corrected chi connectivity index (χ2v) is 5.67. The third kappa shape index (κ3) is 2.87. The molecular formula is C16H12N2O3S. The molecule has 5 nitrogen and oxygen atoms in total. The fourth-order valence-electron chi connectivity index (χ4n) is 2.13. The molecule has 0 atom stereocenters. The predicted octanol–water partition coefficient (Wildman–Crippen LogP) is 2.63. The number of benzene rings is 2. The molecule has 22 heavy (non-hydrogen) atoms. The summed E-state index contributed by atoms with van der Waals surface area (Å²) in [6.45, 7) is -0.385. The third-order valence-electron chi connectivity index (χ3n) is 3.07. The maximum atomic E-state index is 12.5. The van der Waals surface area contributed by atoms with Crippen LogP contribution >= 0.6 is 11.8 Å². The lowest BCUT2D eigenvalue weighted by Gasteiger charge is -2.10. The lowest BCUT2D eigenvalue weighted by atomic mass is 10.3. The molecule has 0 unspecified atom stereocenters. The van der Waals surface area contributed by atoms with Crippen LogP contribution in [0.4, 0.5) is 0 Å². The fraction of sp³-hybridized carbons (Fsp3) is 0.0625. The maximum Gasteiger partial charge on any atom is 0.323 e. The Morgan fingerprint density at radius 2 is 1.77 bits per heavy atom. The molecule has 0 amide bonds. The first-order chi connectivity index (χ1) is 10.6. The number of rotatable bonds is 4. The first-order valence-corrected chi connectivity index (χ1v) is 7.41. The molecular weight excluding hydrogens is 300 g/mol. The molecule has 6 heteroatoms. The van der Waals surface area contributed by atoms with Gasteiger partial charge in [0, 0.05) is 4.90 Å². The number of hydrogen-bond acceptors (Lipinski definition) is 4. The lowest BCUT2D eigenvalue weighted by molar-refractivity contribution is -0.137. The molecule has 1 N–H and O–H groups in total. The van der Waals surface area contributed by atoms with Crippen LogP contribution in [0.15, 0.2) is 69.3 Å². The number of carbonyl (C=O) groups is 1. The number of fused-ring (bicyclic) bond motifs is 1. The Kier molecular flexibility index (Phi) is 3.93. The molecule has 0 saturated carbocycles. The second kappa shape index (κ2) is 6.03. The number of aliphatic carboxylic acids is 1. The summed E-state index contributed by atoms with van der Waals surface area (Å²) in [6.07, 6.45) is 0. The van der Waals surface area contributed by atoms with E-state index in [2.05, 4.69) is 4.98 Å². The van der Waals surface area contributed by atoms with E-state index < -0.39 is 11.5 Å². The van der Waals surface area contributed by atoms with E-state index in [0.717, 1.165) is 4.90 Å². The first kappa shape index (κ1) is 14.3. The average Bonchev–Trinajstić information content (AvgIpc) is 2.52. The van der Waals surface area contributed by atoms with E-state index in [9.17, 15) is 9.59 Å². The summed E-state index contributed by atoms with van der Waals surface area (Å²) in [5, 5.41) is 9.31. The van der Waals surface area contributed by atoms with Crippen molar-refractivity contribution in [1.29, 1.82) is 0 Å². The number of hydrogen-bond donors (Lipinski definition) is 1. The fourth-order valence-corrected chi connectivity index (χ4v) is 2.99. The molecule has 1 heterocycles. The van der Waals surface area contributed by atoms with Crippen molar-refractivity contribution >= 4 is 28.8 Å². The van der Waals surface area contributed by atoms with Gasteiger partial charge in [-0.1, -0.05) is 42.1 Å². The van der Waals surface area contributed by atoms with Gasteiger partial charge in [-0.15, -0.1) is 0 Å². The molecule has 2 aromatic carbocycles. The van der Waals surface area contributed by atoms with Gasteiger partial charge >= 0.3 is 5.97 Å². The molecule has 0 aliphatic heterocycles. The highest BCUT2D eigenvalue weighted by Crippen LogP contribution is 2.24. The van der Waals surface area contributed by atoms with Gasteiger partial charge in [-0.2, -0.15) is 0 Å². The first-order valence-electron chi connectivity index (χ1n) is 6.59. The standard InChI is InChI=1S/C16H12N2O3S/c19-14(20)10-18-13-9-5-4-8-12(13)17-15(16(18)21)22-11-6-2-1-3-7-11/h1-9H,10H2,(H,19,20). The summed E-state index contributed by atoms with van der Waals surface area (Å²) in [6, 6.07) is 16.4. The van der Waals surface area contributed by atoms with E-state index in [-0.39, 0.29) is 11.6 Å². The third-order valence-corrected chi connectivity index (χ3v) is 4.04. The molecule has 0 radical (unpaired) electrons. The summed E-state index contributed by atoms with van der Waals surface area (Å²) >= 11 is 1.23. The van der Waals surface area contributed by atoms with Gasteiger partial charge in [-0.05, 0) is 24.3 Å². The van der Waals surface area contributed by atoms with Crippen LogP contribution in [0.2, 0.25) is 0 Å². The van der Waals surface area contributed by atoms with Crippen molar-refractivity contribution < 1.29 is 9.90 Å². The van der Waals surface area contributed by atoms with E-state index in [0.29, 0.717) is 11.0 Å². The highest BCUT2D eigenvalue weighted by atomic mass is 32.2. The van der Waals surface area contributed by atoms with Crippen molar-refractivity contribution in [2.45, 2.75) is 16.5 Å². The van der Waals surface area contributed by atoms with Gasteiger partial charge in [0.1, 0.15) is 6.54 Å². The van der Waals surface area contributed by atoms with E-state index in [4.69, 9.17) is 5.11 Å². The Hall–Kier alpha value is -2.60. The Bertz CT molecular complexity index is 891. The van der Waals surface area contributed by atoms with Gasteiger partial charge in [0.15, 0.2) is 5.03 Å². The summed E-state index contributed by atoms with van der Waals surface area (Å²) < 4.78 is 1.25.